The molecule has 0 radical (unpaired) electrons. The zero-order chi connectivity index (χ0) is 8.43. The van der Waals surface area contributed by atoms with Gasteiger partial charge in [0.2, 0.25) is 0 Å². The number of hydrogen-bond acceptors (Lipinski definition) is 4. The standard InChI is InChI=1S/C5H4N2O4.Li.H2O/c8-3-1-2(4(9)10)6-5(11)7-3;;/h1H,(H,9,10)(H2,6,7,8,11);;1H2/q;+1;/p-1. The van der Waals surface area contributed by atoms with Crippen molar-refractivity contribution in [2.75, 3.05) is 0 Å². The van der Waals surface area contributed by atoms with E-state index in [1.807, 2.05) is 9.97 Å². The first kappa shape index (κ1) is 14.2. The largest absolute Gasteiger partial charge is 1.00 e. The molecule has 1 rings (SSSR count). The van der Waals surface area contributed by atoms with Crippen LogP contribution in [0.25, 0.3) is 0 Å². The average molecular weight is 180 g/mol. The number of carbonyl (C=O) groups excluding carboxylic acids is 1. The van der Waals surface area contributed by atoms with Crippen molar-refractivity contribution in [2.24, 2.45) is 0 Å². The second-order valence-corrected chi connectivity index (χ2v) is 1.79. The van der Waals surface area contributed by atoms with E-state index in [1.165, 1.54) is 0 Å². The van der Waals surface area contributed by atoms with Crippen LogP contribution in [0.4, 0.5) is 0 Å². The molecule has 1 heterocycles. The Hall–Kier alpha value is -1.29. The van der Waals surface area contributed by atoms with Gasteiger partial charge in [-0.2, -0.15) is 0 Å². The monoisotopic (exact) mass is 180 g/mol. The van der Waals surface area contributed by atoms with Crippen LogP contribution in [-0.2, 0) is 0 Å². The molecule has 0 atom stereocenters. The molecule has 66 valence electrons. The summed E-state index contributed by atoms with van der Waals surface area (Å²) in [6.07, 6.45) is 0. The van der Waals surface area contributed by atoms with Gasteiger partial charge in [0.1, 0.15) is 0 Å². The van der Waals surface area contributed by atoms with Crippen molar-refractivity contribution in [2.45, 2.75) is 0 Å². The van der Waals surface area contributed by atoms with Gasteiger partial charge in [-0.3, -0.25) is 9.78 Å². The Morgan fingerprint density at radius 2 is 1.85 bits per heavy atom. The van der Waals surface area contributed by atoms with Gasteiger partial charge in [0.25, 0.3) is 5.56 Å². The minimum atomic E-state index is -1.59. The smallest absolute Gasteiger partial charge is 0.543 e. The number of aromatic nitrogens is 2. The van der Waals surface area contributed by atoms with E-state index < -0.39 is 22.9 Å². The molecule has 0 aromatic carbocycles. The molecule has 1 aromatic heterocycles. The predicted molar refractivity (Wildman–Crippen MR) is 35.6 cm³/mol. The summed E-state index contributed by atoms with van der Waals surface area (Å²) < 4.78 is 0. The fourth-order valence-electron chi connectivity index (χ4n) is 0.579. The summed E-state index contributed by atoms with van der Waals surface area (Å²) in [5.74, 6) is -1.59. The van der Waals surface area contributed by atoms with Gasteiger partial charge in [0.05, 0.1) is 11.7 Å². The summed E-state index contributed by atoms with van der Waals surface area (Å²) in [6.45, 7) is 0. The number of H-pyrrole nitrogens is 2. The quantitative estimate of drug-likeness (QED) is 0.415. The fraction of sp³-hybridized carbons (Fsp3) is 0. The van der Waals surface area contributed by atoms with Crippen LogP contribution in [0.3, 0.4) is 0 Å². The number of carboxylic acids is 1. The first-order valence-corrected chi connectivity index (χ1v) is 2.64. The predicted octanol–water partition coefficient (Wildman–Crippen LogP) is -6.39. The van der Waals surface area contributed by atoms with Crippen molar-refractivity contribution in [3.8, 4) is 0 Å². The molecule has 0 unspecified atom stereocenters. The van der Waals surface area contributed by atoms with E-state index in [2.05, 4.69) is 0 Å². The number of carboxylic acid groups (broad SMARTS) is 1. The second kappa shape index (κ2) is 5.37. The van der Waals surface area contributed by atoms with E-state index in [9.17, 15) is 19.5 Å². The molecule has 8 heteroatoms. The number of aromatic carboxylic acids is 1. The van der Waals surface area contributed by atoms with E-state index in [0.29, 0.717) is 0 Å². The van der Waals surface area contributed by atoms with Crippen LogP contribution in [0.5, 0.6) is 0 Å². The molecule has 0 aliphatic heterocycles. The minimum absolute atomic E-state index is 0. The molecule has 1 aromatic rings. The Morgan fingerprint density at radius 3 is 2.23 bits per heavy atom. The van der Waals surface area contributed by atoms with E-state index in [1.54, 1.807) is 0 Å². The van der Waals surface area contributed by atoms with Gasteiger partial charge in [-0.25, -0.2) is 4.79 Å². The van der Waals surface area contributed by atoms with Crippen molar-refractivity contribution in [1.29, 1.82) is 0 Å². The van der Waals surface area contributed by atoms with Crippen LogP contribution in [0.2, 0.25) is 0 Å². The molecule has 0 fully saturated rings. The Bertz CT molecular complexity index is 366. The molecule has 13 heavy (non-hydrogen) atoms. The summed E-state index contributed by atoms with van der Waals surface area (Å²) in [5, 5.41) is 10.1. The molecule has 0 aliphatic rings. The van der Waals surface area contributed by atoms with Crippen molar-refractivity contribution >= 4 is 5.97 Å². The third-order valence-corrected chi connectivity index (χ3v) is 0.980. The summed E-state index contributed by atoms with van der Waals surface area (Å²) in [5.41, 5.74) is -2.16. The molecular weight excluding hydrogens is 175 g/mol. The third kappa shape index (κ3) is 3.75. The molecular formula is C5H5LiN2O5. The van der Waals surface area contributed by atoms with Gasteiger partial charge in [0.15, 0.2) is 0 Å². The maximum atomic E-state index is 10.4. The molecule has 0 amide bonds. The Labute approximate surface area is 83.3 Å². The first-order chi connectivity index (χ1) is 5.09. The van der Waals surface area contributed by atoms with E-state index in [0.717, 1.165) is 6.07 Å². The molecule has 0 saturated heterocycles. The zero-order valence-corrected chi connectivity index (χ0v) is 6.71. The number of carbonyl (C=O) groups is 1. The SMILES string of the molecule is O.O=C([O-])c1cc(=O)[nH]c(=O)[nH]1.[Li+]. The molecule has 0 aliphatic carbocycles. The summed E-state index contributed by atoms with van der Waals surface area (Å²) in [6, 6.07) is 0.733. The van der Waals surface area contributed by atoms with E-state index in [4.69, 9.17) is 0 Å². The molecule has 0 bridgehead atoms. The van der Waals surface area contributed by atoms with Crippen molar-refractivity contribution < 1.29 is 34.2 Å². The van der Waals surface area contributed by atoms with Crippen LogP contribution < -0.4 is 35.2 Å². The van der Waals surface area contributed by atoms with Gasteiger partial charge in [0, 0.05) is 6.07 Å². The first-order valence-electron chi connectivity index (χ1n) is 2.64. The Kier molecular flexibility index (Phi) is 5.88. The third-order valence-electron chi connectivity index (χ3n) is 0.980. The summed E-state index contributed by atoms with van der Waals surface area (Å²) >= 11 is 0. The number of nitrogens with one attached hydrogen (secondary N) is 2. The van der Waals surface area contributed by atoms with Crippen LogP contribution in [0, 0.1) is 0 Å². The number of aromatic amines is 2. The van der Waals surface area contributed by atoms with E-state index in [-0.39, 0.29) is 24.3 Å². The molecule has 0 spiro atoms. The number of rotatable bonds is 1. The maximum absolute atomic E-state index is 10.4. The summed E-state index contributed by atoms with van der Waals surface area (Å²) in [7, 11) is 0. The Morgan fingerprint density at radius 1 is 1.31 bits per heavy atom. The van der Waals surface area contributed by atoms with E-state index >= 15 is 0 Å². The minimum Gasteiger partial charge on any atom is -0.543 e. The topological polar surface area (TPSA) is 137 Å². The van der Waals surface area contributed by atoms with Gasteiger partial charge >= 0.3 is 24.6 Å². The fourth-order valence-corrected chi connectivity index (χ4v) is 0.579. The number of hydrogen-bond donors (Lipinski definition) is 2. The van der Waals surface area contributed by atoms with Crippen molar-refractivity contribution in [3.05, 3.63) is 32.6 Å². The van der Waals surface area contributed by atoms with Crippen molar-refractivity contribution in [3.63, 3.8) is 0 Å². The zero-order valence-electron chi connectivity index (χ0n) is 6.71. The molecule has 0 saturated carbocycles. The summed E-state index contributed by atoms with van der Waals surface area (Å²) in [4.78, 5) is 34.6. The van der Waals surface area contributed by atoms with Crippen molar-refractivity contribution in [1.82, 2.24) is 9.97 Å². The Balaban J connectivity index is 0. The molecule has 7 nitrogen and oxygen atoms in total. The van der Waals surface area contributed by atoms with Crippen LogP contribution >= 0.6 is 0 Å². The van der Waals surface area contributed by atoms with Gasteiger partial charge in [-0.1, -0.05) is 0 Å². The second-order valence-electron chi connectivity index (χ2n) is 1.79. The maximum Gasteiger partial charge on any atom is 1.00 e. The van der Waals surface area contributed by atoms with Crippen LogP contribution in [0.15, 0.2) is 15.7 Å². The van der Waals surface area contributed by atoms with Gasteiger partial charge in [-0.15, -0.1) is 0 Å². The van der Waals surface area contributed by atoms with Gasteiger partial charge < -0.3 is 20.4 Å². The van der Waals surface area contributed by atoms with Crippen LogP contribution in [0.1, 0.15) is 10.5 Å². The average Bonchev–Trinajstić information content (AvgIpc) is 1.85. The van der Waals surface area contributed by atoms with Crippen LogP contribution in [-0.4, -0.2) is 21.4 Å². The van der Waals surface area contributed by atoms with Gasteiger partial charge in [-0.05, 0) is 0 Å². The molecule has 4 N–H and O–H groups in total. The normalized spacial score (nSPS) is 8.00.